The monoisotopic (exact) mass is 386 g/mol. The molecule has 2 aromatic carbocycles. The van der Waals surface area contributed by atoms with Gasteiger partial charge in [-0.05, 0) is 41.8 Å². The molecule has 0 spiro atoms. The van der Waals surface area contributed by atoms with Gasteiger partial charge in [0.05, 0.1) is 17.1 Å². The number of halogens is 3. The first-order valence-electron chi connectivity index (χ1n) is 7.87. The van der Waals surface area contributed by atoms with Crippen LogP contribution in [0.5, 0.6) is 5.75 Å². The average molecular weight is 386 g/mol. The Labute approximate surface area is 149 Å². The van der Waals surface area contributed by atoms with Crippen LogP contribution in [0.3, 0.4) is 0 Å². The Balaban J connectivity index is 1.72. The van der Waals surface area contributed by atoms with Gasteiger partial charge in [-0.3, -0.25) is 0 Å². The third-order valence-electron chi connectivity index (χ3n) is 4.09. The van der Waals surface area contributed by atoms with E-state index >= 15 is 0 Å². The van der Waals surface area contributed by atoms with Crippen LogP contribution in [0.15, 0.2) is 41.3 Å². The van der Waals surface area contributed by atoms with Crippen molar-refractivity contribution in [2.45, 2.75) is 23.9 Å². The maximum Gasteiger partial charge on any atom is 0.417 e. The Morgan fingerprint density at radius 3 is 2.62 bits per heavy atom. The lowest BCUT2D eigenvalue weighted by atomic mass is 10.1. The van der Waals surface area contributed by atoms with Gasteiger partial charge in [0.25, 0.3) is 0 Å². The topological polar surface area (TPSA) is 81.4 Å². The second-order valence-electron chi connectivity index (χ2n) is 5.97. The van der Waals surface area contributed by atoms with Crippen molar-refractivity contribution in [2.24, 2.45) is 5.14 Å². The SMILES string of the molecule is NS(=O)(=O)c1ccc(NCCc2ccc3c(c2)CCO3)cc1C(F)(F)F. The normalized spacial score (nSPS) is 14.0. The van der Waals surface area contributed by atoms with E-state index in [1.807, 2.05) is 18.2 Å². The molecule has 0 aliphatic carbocycles. The Bertz CT molecular complexity index is 927. The van der Waals surface area contributed by atoms with Crippen LogP contribution < -0.4 is 15.2 Å². The van der Waals surface area contributed by atoms with Crippen LogP contribution in [0.4, 0.5) is 18.9 Å². The zero-order valence-electron chi connectivity index (χ0n) is 13.6. The molecule has 0 amide bonds. The molecule has 0 unspecified atom stereocenters. The van der Waals surface area contributed by atoms with E-state index in [0.29, 0.717) is 19.6 Å². The molecule has 3 rings (SSSR count). The van der Waals surface area contributed by atoms with Crippen molar-refractivity contribution in [1.29, 1.82) is 0 Å². The highest BCUT2D eigenvalue weighted by atomic mass is 32.2. The molecule has 0 saturated carbocycles. The number of alkyl halides is 3. The molecule has 0 fully saturated rings. The van der Waals surface area contributed by atoms with E-state index in [4.69, 9.17) is 9.88 Å². The van der Waals surface area contributed by atoms with Crippen LogP contribution in [0.2, 0.25) is 0 Å². The minimum Gasteiger partial charge on any atom is -0.493 e. The highest BCUT2D eigenvalue weighted by Gasteiger charge is 2.36. The summed E-state index contributed by atoms with van der Waals surface area (Å²) < 4.78 is 67.5. The molecule has 1 aliphatic rings. The summed E-state index contributed by atoms with van der Waals surface area (Å²) in [6, 6.07) is 8.72. The summed E-state index contributed by atoms with van der Waals surface area (Å²) in [7, 11) is -4.46. The molecular formula is C17H17F3N2O3S. The first-order valence-corrected chi connectivity index (χ1v) is 9.42. The smallest absolute Gasteiger partial charge is 0.417 e. The highest BCUT2D eigenvalue weighted by Crippen LogP contribution is 2.35. The van der Waals surface area contributed by atoms with Gasteiger partial charge in [-0.15, -0.1) is 0 Å². The average Bonchev–Trinajstić information content (AvgIpc) is 3.00. The number of nitrogens with one attached hydrogen (secondary N) is 1. The Morgan fingerprint density at radius 1 is 1.15 bits per heavy atom. The van der Waals surface area contributed by atoms with Crippen molar-refractivity contribution in [2.75, 3.05) is 18.5 Å². The number of anilines is 1. The fourth-order valence-corrected chi connectivity index (χ4v) is 3.60. The molecule has 0 bridgehead atoms. The number of hydrogen-bond donors (Lipinski definition) is 2. The van der Waals surface area contributed by atoms with Gasteiger partial charge in [0, 0.05) is 18.7 Å². The minimum absolute atomic E-state index is 0.175. The van der Waals surface area contributed by atoms with Crippen LogP contribution in [0, 0.1) is 0 Å². The Morgan fingerprint density at radius 2 is 1.92 bits per heavy atom. The van der Waals surface area contributed by atoms with Crippen LogP contribution in [0.1, 0.15) is 16.7 Å². The van der Waals surface area contributed by atoms with Gasteiger partial charge in [-0.25, -0.2) is 13.6 Å². The fraction of sp³-hybridized carbons (Fsp3) is 0.294. The number of primary sulfonamides is 1. The molecule has 2 aromatic rings. The lowest BCUT2D eigenvalue weighted by Gasteiger charge is -2.14. The van der Waals surface area contributed by atoms with Crippen molar-refractivity contribution in [1.82, 2.24) is 0 Å². The Kier molecular flexibility index (Phi) is 4.85. The number of ether oxygens (including phenoxy) is 1. The van der Waals surface area contributed by atoms with Gasteiger partial charge < -0.3 is 10.1 Å². The first-order chi connectivity index (χ1) is 12.1. The number of fused-ring (bicyclic) bond motifs is 1. The second kappa shape index (κ2) is 6.81. The fourth-order valence-electron chi connectivity index (χ4n) is 2.86. The van der Waals surface area contributed by atoms with Crippen molar-refractivity contribution in [3.63, 3.8) is 0 Å². The van der Waals surface area contributed by atoms with E-state index in [0.717, 1.165) is 35.4 Å². The highest BCUT2D eigenvalue weighted by molar-refractivity contribution is 7.89. The molecule has 1 heterocycles. The van der Waals surface area contributed by atoms with E-state index in [1.165, 1.54) is 6.07 Å². The van der Waals surface area contributed by atoms with Gasteiger partial charge in [0.15, 0.2) is 0 Å². The molecular weight excluding hydrogens is 369 g/mol. The molecule has 26 heavy (non-hydrogen) atoms. The summed E-state index contributed by atoms with van der Waals surface area (Å²) in [4.78, 5) is -0.936. The zero-order chi connectivity index (χ0) is 18.9. The molecule has 1 aliphatic heterocycles. The predicted molar refractivity (Wildman–Crippen MR) is 90.7 cm³/mol. The van der Waals surface area contributed by atoms with E-state index in [9.17, 15) is 21.6 Å². The summed E-state index contributed by atoms with van der Waals surface area (Å²) in [6.07, 6.45) is -3.37. The largest absolute Gasteiger partial charge is 0.493 e. The van der Waals surface area contributed by atoms with Crippen LogP contribution in [-0.4, -0.2) is 21.6 Å². The molecule has 3 N–H and O–H groups in total. The van der Waals surface area contributed by atoms with E-state index in [-0.39, 0.29) is 5.69 Å². The van der Waals surface area contributed by atoms with Gasteiger partial charge in [0.2, 0.25) is 10.0 Å². The summed E-state index contributed by atoms with van der Waals surface area (Å²) in [6.45, 7) is 1.05. The lowest BCUT2D eigenvalue weighted by Crippen LogP contribution is -2.19. The second-order valence-corrected chi connectivity index (χ2v) is 7.50. The lowest BCUT2D eigenvalue weighted by molar-refractivity contribution is -0.139. The van der Waals surface area contributed by atoms with Gasteiger partial charge in [-0.1, -0.05) is 12.1 Å². The van der Waals surface area contributed by atoms with Gasteiger partial charge in [-0.2, -0.15) is 13.2 Å². The van der Waals surface area contributed by atoms with Crippen LogP contribution in [-0.2, 0) is 29.0 Å². The molecule has 9 heteroatoms. The predicted octanol–water partition coefficient (Wildman–Crippen LogP) is 2.94. The van der Waals surface area contributed by atoms with E-state index < -0.39 is 26.7 Å². The number of nitrogens with two attached hydrogens (primary N) is 1. The third kappa shape index (κ3) is 4.10. The van der Waals surface area contributed by atoms with E-state index in [1.54, 1.807) is 0 Å². The van der Waals surface area contributed by atoms with Crippen molar-refractivity contribution >= 4 is 15.7 Å². The summed E-state index contributed by atoms with van der Waals surface area (Å²) in [5, 5.41) is 7.75. The zero-order valence-corrected chi connectivity index (χ0v) is 14.5. The first kappa shape index (κ1) is 18.5. The summed E-state index contributed by atoms with van der Waals surface area (Å²) >= 11 is 0. The van der Waals surface area contributed by atoms with Crippen LogP contribution in [0.25, 0.3) is 0 Å². The maximum absolute atomic E-state index is 13.1. The molecule has 0 saturated heterocycles. The minimum atomic E-state index is -4.82. The molecule has 0 atom stereocenters. The van der Waals surface area contributed by atoms with Crippen molar-refractivity contribution in [3.05, 3.63) is 53.1 Å². The maximum atomic E-state index is 13.1. The number of benzene rings is 2. The standard InChI is InChI=1S/C17H17F3N2O3S/c18-17(19,20)14-10-13(2-4-16(14)26(21,23)24)22-7-5-11-1-3-15-12(9-11)6-8-25-15/h1-4,9-10,22H,5-8H2,(H2,21,23,24). The number of hydrogen-bond acceptors (Lipinski definition) is 4. The molecule has 0 radical (unpaired) electrons. The molecule has 0 aromatic heterocycles. The number of rotatable bonds is 5. The van der Waals surface area contributed by atoms with Gasteiger partial charge >= 0.3 is 6.18 Å². The van der Waals surface area contributed by atoms with Crippen molar-refractivity contribution < 1.29 is 26.3 Å². The quantitative estimate of drug-likeness (QED) is 0.828. The summed E-state index contributed by atoms with van der Waals surface area (Å²) in [5.74, 6) is 0.870. The summed E-state index contributed by atoms with van der Waals surface area (Å²) in [5.41, 5.74) is 1.06. The van der Waals surface area contributed by atoms with Gasteiger partial charge in [0.1, 0.15) is 5.75 Å². The van der Waals surface area contributed by atoms with Crippen molar-refractivity contribution in [3.8, 4) is 5.75 Å². The number of sulfonamides is 1. The molecule has 5 nitrogen and oxygen atoms in total. The van der Waals surface area contributed by atoms with Crippen LogP contribution >= 0.6 is 0 Å². The third-order valence-corrected chi connectivity index (χ3v) is 5.06. The Hall–Kier alpha value is -2.26. The molecule has 140 valence electrons. The van der Waals surface area contributed by atoms with E-state index in [2.05, 4.69) is 5.32 Å².